The van der Waals surface area contributed by atoms with Crippen molar-refractivity contribution >= 4 is 13.4 Å². The topological polar surface area (TPSA) is 30.7 Å². The maximum atomic E-state index is 13.0. The molecule has 4 saturated carbocycles. The highest BCUT2D eigenvalue weighted by Gasteiger charge is 2.54. The highest BCUT2D eigenvalue weighted by Crippen LogP contribution is 2.58. The standard InChI is InChI=1S/C22H28F3N3Si/c1-29(2,3)20-19(17-4-6-18(7-5-17)22(23,24)25)26-27-28(20)21-11-14-8-15(12-21)10-16(9-14)13-21/h4-7,14-16H,8-13H2,1-3H3. The number of hydrogen-bond donors (Lipinski definition) is 0. The van der Waals surface area contributed by atoms with Crippen molar-refractivity contribution in [1.29, 1.82) is 0 Å². The molecule has 1 aromatic heterocycles. The summed E-state index contributed by atoms with van der Waals surface area (Å²) in [6, 6.07) is 5.43. The van der Waals surface area contributed by atoms with Crippen molar-refractivity contribution in [2.45, 2.75) is 69.9 Å². The third-order valence-corrected chi connectivity index (χ3v) is 9.19. The van der Waals surface area contributed by atoms with Gasteiger partial charge in [0, 0.05) is 10.9 Å². The normalized spacial score (nSPS) is 31.4. The summed E-state index contributed by atoms with van der Waals surface area (Å²) in [6.07, 6.45) is 3.33. The van der Waals surface area contributed by atoms with Gasteiger partial charge in [-0.05, 0) is 68.4 Å². The summed E-state index contributed by atoms with van der Waals surface area (Å²) in [5, 5.41) is 10.5. The Balaban J connectivity index is 1.60. The fraction of sp³-hybridized carbons (Fsp3) is 0.636. The van der Waals surface area contributed by atoms with Crippen molar-refractivity contribution in [3.63, 3.8) is 0 Å². The molecule has 0 atom stereocenters. The zero-order chi connectivity index (χ0) is 20.6. The monoisotopic (exact) mass is 419 g/mol. The van der Waals surface area contributed by atoms with Gasteiger partial charge in [-0.1, -0.05) is 37.0 Å². The first-order chi connectivity index (χ1) is 13.6. The van der Waals surface area contributed by atoms with Crippen molar-refractivity contribution in [2.24, 2.45) is 17.8 Å². The van der Waals surface area contributed by atoms with Crippen molar-refractivity contribution in [1.82, 2.24) is 15.0 Å². The molecule has 6 rings (SSSR count). The third kappa shape index (κ3) is 3.16. The summed E-state index contributed by atoms with van der Waals surface area (Å²) in [6.45, 7) is 6.86. The lowest BCUT2D eigenvalue weighted by Gasteiger charge is -2.57. The van der Waals surface area contributed by atoms with E-state index in [-0.39, 0.29) is 5.54 Å². The second-order valence-corrected chi connectivity index (χ2v) is 15.6. The molecule has 4 bridgehead atoms. The molecule has 156 valence electrons. The fourth-order valence-corrected chi connectivity index (χ4v) is 8.44. The zero-order valence-electron chi connectivity index (χ0n) is 17.3. The van der Waals surface area contributed by atoms with Crippen LogP contribution in [0.25, 0.3) is 11.3 Å². The molecule has 0 spiro atoms. The van der Waals surface area contributed by atoms with Crippen LogP contribution in [0.15, 0.2) is 24.3 Å². The highest BCUT2D eigenvalue weighted by molar-refractivity contribution is 6.89. The number of hydrogen-bond acceptors (Lipinski definition) is 2. The number of halogens is 3. The predicted molar refractivity (Wildman–Crippen MR) is 110 cm³/mol. The molecular weight excluding hydrogens is 391 g/mol. The Morgan fingerprint density at radius 3 is 1.90 bits per heavy atom. The molecule has 0 radical (unpaired) electrons. The van der Waals surface area contributed by atoms with Crippen LogP contribution in [0.3, 0.4) is 0 Å². The lowest BCUT2D eigenvalue weighted by atomic mass is 9.53. The summed E-state index contributed by atoms with van der Waals surface area (Å²) < 4.78 is 41.2. The molecule has 4 aliphatic carbocycles. The van der Waals surface area contributed by atoms with Gasteiger partial charge in [0.15, 0.2) is 0 Å². The van der Waals surface area contributed by atoms with Crippen LogP contribution in [-0.4, -0.2) is 23.1 Å². The summed E-state index contributed by atoms with van der Waals surface area (Å²) >= 11 is 0. The Morgan fingerprint density at radius 1 is 0.931 bits per heavy atom. The third-order valence-electron chi connectivity index (χ3n) is 7.32. The number of rotatable bonds is 3. The van der Waals surface area contributed by atoms with Crippen LogP contribution in [0.1, 0.15) is 44.1 Å². The van der Waals surface area contributed by atoms with E-state index in [9.17, 15) is 13.2 Å². The summed E-state index contributed by atoms with van der Waals surface area (Å²) in [5.41, 5.74) is 0.978. The average Bonchev–Trinajstić information content (AvgIpc) is 3.06. The highest BCUT2D eigenvalue weighted by atomic mass is 28.3. The summed E-state index contributed by atoms with van der Waals surface area (Å²) in [4.78, 5) is 0. The molecule has 4 fully saturated rings. The SMILES string of the molecule is C[Si](C)(C)c1c(-c2ccc(C(F)(F)F)cc2)nnn1C12CC3CC(CC(C3)C1)C2. The van der Waals surface area contributed by atoms with Gasteiger partial charge in [0.1, 0.15) is 13.8 Å². The lowest BCUT2D eigenvalue weighted by molar-refractivity contribution is -0.137. The van der Waals surface area contributed by atoms with Crippen LogP contribution in [0, 0.1) is 17.8 Å². The van der Waals surface area contributed by atoms with Crippen LogP contribution in [-0.2, 0) is 11.7 Å². The number of alkyl halides is 3. The van der Waals surface area contributed by atoms with E-state index in [1.165, 1.54) is 43.8 Å². The summed E-state index contributed by atoms with van der Waals surface area (Å²) in [5.74, 6) is 2.40. The molecular formula is C22H28F3N3Si. The van der Waals surface area contributed by atoms with E-state index in [1.807, 2.05) is 0 Å². The molecule has 0 saturated heterocycles. The first-order valence-corrected chi connectivity index (χ1v) is 14.2. The van der Waals surface area contributed by atoms with Gasteiger partial charge in [-0.3, -0.25) is 0 Å². The van der Waals surface area contributed by atoms with Gasteiger partial charge in [-0.25, -0.2) is 4.68 Å². The molecule has 7 heteroatoms. The number of aromatic nitrogens is 3. The van der Waals surface area contributed by atoms with Gasteiger partial charge < -0.3 is 0 Å². The zero-order valence-corrected chi connectivity index (χ0v) is 18.3. The van der Waals surface area contributed by atoms with Gasteiger partial charge in [-0.15, -0.1) is 5.10 Å². The van der Waals surface area contributed by atoms with Crippen LogP contribution in [0.2, 0.25) is 19.6 Å². The minimum atomic E-state index is -4.32. The average molecular weight is 420 g/mol. The first kappa shape index (κ1) is 19.3. The molecule has 0 amide bonds. The second kappa shape index (κ2) is 6.19. The quantitative estimate of drug-likeness (QED) is 0.621. The Labute approximate surface area is 170 Å². The molecule has 0 N–H and O–H groups in total. The smallest absolute Gasteiger partial charge is 0.247 e. The maximum absolute atomic E-state index is 13.0. The molecule has 1 aromatic carbocycles. The minimum Gasteiger partial charge on any atom is -0.247 e. The molecule has 0 unspecified atom stereocenters. The second-order valence-electron chi connectivity index (χ2n) is 10.7. The Bertz CT molecular complexity index is 889. The fourth-order valence-electron chi connectivity index (χ4n) is 6.62. The maximum Gasteiger partial charge on any atom is 0.416 e. The molecule has 1 heterocycles. The van der Waals surface area contributed by atoms with Gasteiger partial charge >= 0.3 is 6.18 Å². The largest absolute Gasteiger partial charge is 0.416 e. The number of nitrogens with zero attached hydrogens (tertiary/aromatic N) is 3. The van der Waals surface area contributed by atoms with Gasteiger partial charge in [0.05, 0.1) is 11.1 Å². The van der Waals surface area contributed by atoms with Gasteiger partial charge in [0.25, 0.3) is 0 Å². The summed E-state index contributed by atoms with van der Waals surface area (Å²) in [7, 11) is -1.84. The predicted octanol–water partition coefficient (Wildman–Crippen LogP) is 5.43. The van der Waals surface area contributed by atoms with Crippen LogP contribution >= 0.6 is 0 Å². The minimum absolute atomic E-state index is 0.0710. The Morgan fingerprint density at radius 2 is 1.45 bits per heavy atom. The van der Waals surface area contributed by atoms with E-state index in [1.54, 1.807) is 12.1 Å². The lowest BCUT2D eigenvalue weighted by Crippen LogP contribution is -2.58. The van der Waals surface area contributed by atoms with Gasteiger partial charge in [0.2, 0.25) is 0 Å². The van der Waals surface area contributed by atoms with E-state index >= 15 is 0 Å². The molecule has 4 aliphatic rings. The van der Waals surface area contributed by atoms with Gasteiger partial charge in [-0.2, -0.15) is 13.2 Å². The van der Waals surface area contributed by atoms with E-state index in [2.05, 4.69) is 29.4 Å². The van der Waals surface area contributed by atoms with Crippen molar-refractivity contribution in [3.05, 3.63) is 29.8 Å². The number of benzene rings is 1. The van der Waals surface area contributed by atoms with Crippen LogP contribution in [0.5, 0.6) is 0 Å². The van der Waals surface area contributed by atoms with Crippen molar-refractivity contribution in [2.75, 3.05) is 0 Å². The first-order valence-electron chi connectivity index (χ1n) is 10.7. The van der Waals surface area contributed by atoms with E-state index < -0.39 is 19.8 Å². The van der Waals surface area contributed by atoms with Crippen molar-refractivity contribution in [3.8, 4) is 11.3 Å². The van der Waals surface area contributed by atoms with Crippen LogP contribution < -0.4 is 5.32 Å². The molecule has 0 aliphatic heterocycles. The van der Waals surface area contributed by atoms with E-state index in [0.717, 1.165) is 41.1 Å². The molecule has 29 heavy (non-hydrogen) atoms. The molecule has 2 aromatic rings. The van der Waals surface area contributed by atoms with E-state index in [4.69, 9.17) is 5.21 Å². The van der Waals surface area contributed by atoms with E-state index in [0.29, 0.717) is 0 Å². The van der Waals surface area contributed by atoms with Crippen LogP contribution in [0.4, 0.5) is 13.2 Å². The molecule has 3 nitrogen and oxygen atoms in total. The Hall–Kier alpha value is -1.63. The Kier molecular flexibility index (Phi) is 4.13. The van der Waals surface area contributed by atoms with Crippen molar-refractivity contribution < 1.29 is 13.2 Å².